The lowest BCUT2D eigenvalue weighted by Crippen LogP contribution is -2.61. The third kappa shape index (κ3) is 17.9. The van der Waals surface area contributed by atoms with Crippen molar-refractivity contribution in [2.75, 3.05) is 73.4 Å². The molecule has 1 aliphatic carbocycles. The first-order valence-electron chi connectivity index (χ1n) is 29.2. The zero-order valence-corrected chi connectivity index (χ0v) is 48.5. The number of ketones is 3. The highest BCUT2D eigenvalue weighted by molar-refractivity contribution is 6.39. The van der Waals surface area contributed by atoms with Crippen molar-refractivity contribution in [2.24, 2.45) is 35.5 Å². The van der Waals surface area contributed by atoms with Gasteiger partial charge in [0.25, 0.3) is 11.7 Å². The maximum absolute atomic E-state index is 14.7. The van der Waals surface area contributed by atoms with Crippen LogP contribution < -0.4 is 5.32 Å². The Bertz CT molecular complexity index is 2170. The topological polar surface area (TPSA) is 235 Å². The number of aliphatic hydroxyl groups excluding tert-OH is 1. The minimum atomic E-state index is -2.47. The Morgan fingerprint density at radius 2 is 1.61 bits per heavy atom. The largest absolute Gasteiger partial charge is 0.460 e. The third-order valence-corrected chi connectivity index (χ3v) is 17.2. The number of methoxy groups -OCH3 is 2. The Labute approximate surface area is 468 Å². The van der Waals surface area contributed by atoms with Crippen LogP contribution in [0.4, 0.5) is 4.79 Å². The van der Waals surface area contributed by atoms with Crippen LogP contribution in [0.2, 0.25) is 0 Å². The zero-order chi connectivity index (χ0) is 57.4. The molecule has 0 aromatic carbocycles. The molecule has 6 aliphatic rings. The van der Waals surface area contributed by atoms with Crippen LogP contribution in [0.25, 0.3) is 0 Å². The highest BCUT2D eigenvalue weighted by Gasteiger charge is 2.53. The Hall–Kier alpha value is -4.18. The predicted octanol–water partition coefficient (Wildman–Crippen LogP) is 6.02. The van der Waals surface area contributed by atoms with E-state index in [2.05, 4.69) is 10.2 Å². The van der Waals surface area contributed by atoms with Crippen LogP contribution in [-0.4, -0.2) is 189 Å². The first-order valence-corrected chi connectivity index (χ1v) is 29.2. The number of fused-ring (bicyclic) bond motifs is 3. The van der Waals surface area contributed by atoms with Gasteiger partial charge in [0.2, 0.25) is 5.79 Å². The molecule has 5 fully saturated rings. The SMILES string of the molecule is CO[C@@H]1C[C@H](C[C@@H](C)[C@@H]2CC(=O)[C@H](C)/C=C(\C)[C@@H](O)[C@@H](OC)C(=O)[C@H](C)C[C@H](C)/C=C/C=C/C=C(\C)C(OC3COC3)C[C@@H]3CC[C@@H](C)[C@@](O)(O3)C(=O)C(=O)N3CCCCC3C(=O)O2)CC[C@H]1OC(=O)NCCN1CCOCC1. The number of piperidine rings is 1. The van der Waals surface area contributed by atoms with Crippen molar-refractivity contribution in [1.82, 2.24) is 15.1 Å². The van der Waals surface area contributed by atoms with Crippen LogP contribution in [0.1, 0.15) is 126 Å². The van der Waals surface area contributed by atoms with E-state index in [4.69, 9.17) is 37.9 Å². The second-order valence-electron chi connectivity index (χ2n) is 23.4. The van der Waals surface area contributed by atoms with Crippen LogP contribution >= 0.6 is 0 Å². The quantitative estimate of drug-likeness (QED) is 0.122. The number of rotatable bonds is 11. The second kappa shape index (κ2) is 30.8. The average Bonchev–Trinajstić information content (AvgIpc) is 3.50. The molecule has 2 bridgehead atoms. The van der Waals surface area contributed by atoms with Crippen molar-refractivity contribution in [1.29, 1.82) is 0 Å². The number of carbonyl (C=O) groups is 6. The fourth-order valence-electron chi connectivity index (χ4n) is 12.0. The number of hydrogen-bond donors (Lipinski definition) is 3. The molecule has 5 aliphatic heterocycles. The Balaban J connectivity index is 1.24. The van der Waals surface area contributed by atoms with E-state index in [9.17, 15) is 39.0 Å². The molecular weight excluding hydrogens is 1020 g/mol. The fourth-order valence-corrected chi connectivity index (χ4v) is 12.0. The lowest BCUT2D eigenvalue weighted by Gasteiger charge is -2.43. The lowest BCUT2D eigenvalue weighted by molar-refractivity contribution is -0.267. The van der Waals surface area contributed by atoms with Crippen LogP contribution in [-0.2, 0) is 61.9 Å². The van der Waals surface area contributed by atoms with Crippen LogP contribution in [0, 0.1) is 35.5 Å². The third-order valence-electron chi connectivity index (χ3n) is 17.2. The highest BCUT2D eigenvalue weighted by atomic mass is 16.6. The van der Waals surface area contributed by atoms with Crippen LogP contribution in [0.5, 0.6) is 0 Å². The molecule has 19 heteroatoms. The summed E-state index contributed by atoms with van der Waals surface area (Å²) in [7, 11) is 2.96. The number of Topliss-reactive ketones (excluding diaryl/α,β-unsaturated/α-hetero) is 3. The van der Waals surface area contributed by atoms with E-state index in [-0.39, 0.29) is 55.3 Å². The Morgan fingerprint density at radius 1 is 0.861 bits per heavy atom. The molecule has 6 rings (SSSR count). The smallest absolute Gasteiger partial charge is 0.407 e. The fraction of sp³-hybridized carbons (Fsp3) is 0.767. The van der Waals surface area contributed by atoms with Gasteiger partial charge in [-0.25, -0.2) is 9.59 Å². The number of ether oxygens (including phenoxy) is 8. The lowest BCUT2D eigenvalue weighted by atomic mass is 9.78. The first kappa shape index (κ1) is 64.0. The summed E-state index contributed by atoms with van der Waals surface area (Å²) in [5, 5.41) is 26.6. The monoisotopic (exact) mass is 1110 g/mol. The van der Waals surface area contributed by atoms with Crippen molar-refractivity contribution in [3.8, 4) is 0 Å². The minimum absolute atomic E-state index is 0.00704. The van der Waals surface area contributed by atoms with E-state index in [1.54, 1.807) is 34.0 Å². The first-order chi connectivity index (χ1) is 37.7. The number of cyclic esters (lactones) is 1. The van der Waals surface area contributed by atoms with Gasteiger partial charge in [-0.05, 0) is 107 Å². The molecule has 0 spiro atoms. The van der Waals surface area contributed by atoms with E-state index in [0.29, 0.717) is 103 Å². The van der Waals surface area contributed by atoms with Gasteiger partial charge in [-0.15, -0.1) is 0 Å². The van der Waals surface area contributed by atoms with Crippen LogP contribution in [0.15, 0.2) is 47.6 Å². The number of hydrogen-bond acceptors (Lipinski definition) is 17. The van der Waals surface area contributed by atoms with E-state index < -0.39 is 102 Å². The minimum Gasteiger partial charge on any atom is -0.460 e. The van der Waals surface area contributed by atoms with Crippen molar-refractivity contribution >= 4 is 35.3 Å². The highest BCUT2D eigenvalue weighted by Crippen LogP contribution is 2.38. The summed E-state index contributed by atoms with van der Waals surface area (Å²) in [5.74, 6) is -8.38. The van der Waals surface area contributed by atoms with E-state index in [0.717, 1.165) is 18.7 Å². The van der Waals surface area contributed by atoms with Gasteiger partial charge in [-0.2, -0.15) is 0 Å². The average molecular weight is 1110 g/mol. The van der Waals surface area contributed by atoms with E-state index in [1.807, 2.05) is 58.1 Å². The van der Waals surface area contributed by atoms with Crippen molar-refractivity contribution < 1.29 is 76.9 Å². The maximum atomic E-state index is 14.7. The summed E-state index contributed by atoms with van der Waals surface area (Å²) in [6, 6.07) is -1.18. The number of nitrogens with zero attached hydrogens (tertiary/aromatic N) is 2. The molecule has 0 aromatic rings. The number of allylic oxidation sites excluding steroid dienone is 6. The van der Waals surface area contributed by atoms with Gasteiger partial charge in [0.1, 0.15) is 42.3 Å². The van der Waals surface area contributed by atoms with Crippen molar-refractivity contribution in [3.05, 3.63) is 47.6 Å². The zero-order valence-electron chi connectivity index (χ0n) is 48.5. The Kier molecular flexibility index (Phi) is 24.9. The summed E-state index contributed by atoms with van der Waals surface area (Å²) >= 11 is 0. The van der Waals surface area contributed by atoms with Crippen molar-refractivity contribution in [3.63, 3.8) is 0 Å². The number of carbonyl (C=O) groups excluding carboxylic acids is 6. The number of nitrogens with one attached hydrogen (secondary N) is 1. The van der Waals surface area contributed by atoms with Gasteiger partial charge in [-0.3, -0.25) is 24.1 Å². The number of alkyl carbamates (subject to hydrolysis) is 1. The summed E-state index contributed by atoms with van der Waals surface area (Å²) in [6.45, 7) is 17.7. The molecule has 2 amide bonds. The molecule has 0 aromatic heterocycles. The number of aliphatic hydroxyl groups is 2. The molecule has 19 nitrogen and oxygen atoms in total. The molecule has 444 valence electrons. The van der Waals surface area contributed by atoms with E-state index in [1.165, 1.54) is 12.0 Å². The molecule has 1 saturated carbocycles. The molecule has 3 N–H and O–H groups in total. The van der Waals surface area contributed by atoms with E-state index >= 15 is 0 Å². The second-order valence-corrected chi connectivity index (χ2v) is 23.4. The molecular formula is C60H93N3O16. The van der Waals surface area contributed by atoms with Gasteiger partial charge in [0.15, 0.2) is 5.78 Å². The summed E-state index contributed by atoms with van der Waals surface area (Å²) in [6.07, 6.45) is 10.0. The molecule has 2 unspecified atom stereocenters. The molecule has 4 saturated heterocycles. The summed E-state index contributed by atoms with van der Waals surface area (Å²) in [5.41, 5.74) is 1.25. The van der Waals surface area contributed by atoms with Crippen molar-refractivity contribution in [2.45, 2.75) is 186 Å². The summed E-state index contributed by atoms with van der Waals surface area (Å²) < 4.78 is 47.3. The number of amides is 2. The summed E-state index contributed by atoms with van der Waals surface area (Å²) in [4.78, 5) is 88.3. The van der Waals surface area contributed by atoms with Gasteiger partial charge in [0, 0.05) is 77.5 Å². The number of morpholine rings is 1. The van der Waals surface area contributed by atoms with Gasteiger partial charge >= 0.3 is 12.1 Å². The molecule has 5 heterocycles. The standard InChI is InChI=1S/C60H93N3O16/c1-37-15-11-10-12-16-38(2)50(76-46-35-75-36-46)33-45-20-18-43(7)60(71,79-45)56(67)57(68)63-23-14-13-17-47(63)58(69)77-51(34-48(64)39(3)30-42(6)54(66)55(73-9)53(65)41(5)29-37)40(4)31-44-19-21-49(52(32-44)72-8)78-59(70)61-22-24-62-25-27-74-28-26-62/h10-12,15-16,30,37,39-41,43-47,49-52,54-55,66,71H,13-14,17-29,31-36H2,1-9H3,(H,61,70)/b12-10+,15-11+,38-16+,42-30+/t37-,39-,40-,41-,43-,44+,45+,47?,49-,50?,51+,52-,54-,55+,60-/m1/s1. The Morgan fingerprint density at radius 3 is 2.30 bits per heavy atom. The molecule has 79 heavy (non-hydrogen) atoms. The predicted molar refractivity (Wildman–Crippen MR) is 293 cm³/mol. The number of esters is 1. The van der Waals surface area contributed by atoms with Crippen LogP contribution in [0.3, 0.4) is 0 Å². The maximum Gasteiger partial charge on any atom is 0.407 e. The van der Waals surface area contributed by atoms with Gasteiger partial charge in [0.05, 0.1) is 44.7 Å². The molecule has 15 atom stereocenters. The normalized spacial score (nSPS) is 37.7. The van der Waals surface area contributed by atoms with Gasteiger partial charge in [-0.1, -0.05) is 71.1 Å². The van der Waals surface area contributed by atoms with Gasteiger partial charge < -0.3 is 58.3 Å². The molecule has 0 radical (unpaired) electrons.